The summed E-state index contributed by atoms with van der Waals surface area (Å²) in [5, 5.41) is 0. The lowest BCUT2D eigenvalue weighted by Gasteiger charge is -2.17. The Morgan fingerprint density at radius 2 is 2.10 bits per heavy atom. The minimum Gasteiger partial charge on any atom is -0.497 e. The van der Waals surface area contributed by atoms with Gasteiger partial charge in [0.15, 0.2) is 12.1 Å². The van der Waals surface area contributed by atoms with Gasteiger partial charge < -0.3 is 9.64 Å². The van der Waals surface area contributed by atoms with Gasteiger partial charge in [0.25, 0.3) is 0 Å². The summed E-state index contributed by atoms with van der Waals surface area (Å²) in [5.41, 5.74) is 2.17. The van der Waals surface area contributed by atoms with Crippen molar-refractivity contribution in [3.05, 3.63) is 54.4 Å². The van der Waals surface area contributed by atoms with Gasteiger partial charge in [-0.25, -0.2) is 4.98 Å². The van der Waals surface area contributed by atoms with E-state index in [2.05, 4.69) is 4.98 Å². The highest BCUT2D eigenvalue weighted by Gasteiger charge is 2.16. The third-order valence-electron chi connectivity index (χ3n) is 3.42. The van der Waals surface area contributed by atoms with Crippen LogP contribution in [0.2, 0.25) is 0 Å². The first-order valence-electron chi connectivity index (χ1n) is 6.54. The van der Waals surface area contributed by atoms with Gasteiger partial charge >= 0.3 is 0 Å². The first-order valence-corrected chi connectivity index (χ1v) is 6.54. The number of imidazole rings is 1. The highest BCUT2D eigenvalue weighted by molar-refractivity contribution is 5.85. The summed E-state index contributed by atoms with van der Waals surface area (Å²) in [6.07, 6.45) is 2.65. The molecule has 0 fully saturated rings. The van der Waals surface area contributed by atoms with Gasteiger partial charge in [-0.3, -0.25) is 9.20 Å². The molecule has 3 aromatic rings. The van der Waals surface area contributed by atoms with Crippen molar-refractivity contribution in [1.82, 2.24) is 9.38 Å². The number of carbonyl (C=O) groups excluding carboxylic acids is 1. The average molecular weight is 281 g/mol. The molecular weight excluding hydrogens is 266 g/mol. The van der Waals surface area contributed by atoms with E-state index in [4.69, 9.17) is 4.74 Å². The Bertz CT molecular complexity index is 795. The van der Waals surface area contributed by atoms with E-state index in [1.807, 2.05) is 60.6 Å². The van der Waals surface area contributed by atoms with E-state index in [9.17, 15) is 4.79 Å². The molecule has 0 N–H and O–H groups in total. The molecule has 0 aliphatic carbocycles. The highest BCUT2D eigenvalue weighted by atomic mass is 16.5. The predicted octanol–water partition coefficient (Wildman–Crippen LogP) is 2.92. The Morgan fingerprint density at radius 3 is 2.86 bits per heavy atom. The highest BCUT2D eigenvalue weighted by Crippen LogP contribution is 2.28. The summed E-state index contributed by atoms with van der Waals surface area (Å²) in [4.78, 5) is 17.9. The fraction of sp³-hybridized carbons (Fsp3) is 0.125. The number of methoxy groups -OCH3 is 1. The van der Waals surface area contributed by atoms with Crippen LogP contribution in [0.3, 0.4) is 0 Å². The number of hydrogen-bond donors (Lipinski definition) is 0. The number of anilines is 2. The molecule has 0 unspecified atom stereocenters. The number of rotatable bonds is 4. The largest absolute Gasteiger partial charge is 0.497 e. The smallest absolute Gasteiger partial charge is 0.170 e. The molecule has 0 saturated heterocycles. The average Bonchev–Trinajstić information content (AvgIpc) is 2.92. The van der Waals surface area contributed by atoms with Crippen LogP contribution < -0.4 is 9.64 Å². The molecule has 0 aliphatic rings. The minimum absolute atomic E-state index is 0.524. The fourth-order valence-corrected chi connectivity index (χ4v) is 2.30. The second-order valence-corrected chi connectivity index (χ2v) is 4.63. The van der Waals surface area contributed by atoms with Crippen LogP contribution in [0.15, 0.2) is 48.7 Å². The zero-order valence-electron chi connectivity index (χ0n) is 11.9. The molecule has 2 aromatic heterocycles. The Hall–Kier alpha value is -2.82. The number of nitrogens with zero attached hydrogens (tertiary/aromatic N) is 3. The third-order valence-corrected chi connectivity index (χ3v) is 3.42. The van der Waals surface area contributed by atoms with Crippen LogP contribution in [-0.2, 0) is 0 Å². The zero-order valence-corrected chi connectivity index (χ0v) is 11.9. The molecule has 21 heavy (non-hydrogen) atoms. The summed E-state index contributed by atoms with van der Waals surface area (Å²) < 4.78 is 7.01. The molecule has 1 aromatic carbocycles. The quantitative estimate of drug-likeness (QED) is 0.690. The Morgan fingerprint density at radius 1 is 1.24 bits per heavy atom. The van der Waals surface area contributed by atoms with Crippen LogP contribution in [0.25, 0.3) is 5.65 Å². The number of hydrogen-bond acceptors (Lipinski definition) is 4. The lowest BCUT2D eigenvalue weighted by Crippen LogP contribution is -2.12. The van der Waals surface area contributed by atoms with Crippen LogP contribution >= 0.6 is 0 Å². The first-order chi connectivity index (χ1) is 10.2. The van der Waals surface area contributed by atoms with Gasteiger partial charge in [0, 0.05) is 25.0 Å². The van der Waals surface area contributed by atoms with Crippen LogP contribution in [0, 0.1) is 0 Å². The van der Waals surface area contributed by atoms with Gasteiger partial charge in [-0.05, 0) is 24.3 Å². The molecule has 2 heterocycles. The number of fused-ring (bicyclic) bond motifs is 1. The third kappa shape index (κ3) is 2.23. The number of ether oxygens (including phenoxy) is 1. The van der Waals surface area contributed by atoms with Crippen molar-refractivity contribution in [1.29, 1.82) is 0 Å². The van der Waals surface area contributed by atoms with Gasteiger partial charge in [-0.2, -0.15) is 0 Å². The van der Waals surface area contributed by atoms with Crippen molar-refractivity contribution in [3.63, 3.8) is 0 Å². The van der Waals surface area contributed by atoms with Gasteiger partial charge in [0.1, 0.15) is 17.1 Å². The molecular formula is C16H15N3O2. The summed E-state index contributed by atoms with van der Waals surface area (Å²) in [6, 6.07) is 13.3. The maximum atomic E-state index is 11.4. The number of benzene rings is 1. The molecule has 0 bridgehead atoms. The van der Waals surface area contributed by atoms with Crippen molar-refractivity contribution in [2.75, 3.05) is 19.1 Å². The lowest BCUT2D eigenvalue weighted by atomic mass is 10.2. The Labute approximate surface area is 122 Å². The van der Waals surface area contributed by atoms with E-state index < -0.39 is 0 Å². The lowest BCUT2D eigenvalue weighted by molar-refractivity contribution is 0.111. The van der Waals surface area contributed by atoms with E-state index >= 15 is 0 Å². The maximum Gasteiger partial charge on any atom is 0.170 e. The second-order valence-electron chi connectivity index (χ2n) is 4.63. The molecule has 3 rings (SSSR count). The van der Waals surface area contributed by atoms with Crippen molar-refractivity contribution in [3.8, 4) is 5.75 Å². The normalized spacial score (nSPS) is 10.6. The molecule has 0 spiro atoms. The summed E-state index contributed by atoms with van der Waals surface area (Å²) >= 11 is 0. The van der Waals surface area contributed by atoms with Gasteiger partial charge in [0.2, 0.25) is 0 Å². The molecule has 5 nitrogen and oxygen atoms in total. The van der Waals surface area contributed by atoms with Crippen molar-refractivity contribution in [2.45, 2.75) is 0 Å². The van der Waals surface area contributed by atoms with E-state index in [1.165, 1.54) is 0 Å². The van der Waals surface area contributed by atoms with Gasteiger partial charge in [-0.1, -0.05) is 12.1 Å². The number of pyridine rings is 1. The second kappa shape index (κ2) is 5.28. The molecule has 0 atom stereocenters. The minimum atomic E-state index is 0.524. The van der Waals surface area contributed by atoms with E-state index in [0.29, 0.717) is 11.5 Å². The SMILES string of the molecule is COc1cccc(N(C)c2nc3ccccn3c2C=O)c1. The molecule has 0 saturated carbocycles. The molecule has 0 amide bonds. The van der Waals surface area contributed by atoms with Crippen LogP contribution in [0.4, 0.5) is 11.5 Å². The standard InChI is InChI=1S/C16H15N3O2/c1-18(12-6-5-7-13(10-12)21-2)16-14(11-20)19-9-4-3-8-15(19)17-16/h3-11H,1-2H3. The summed E-state index contributed by atoms with van der Waals surface area (Å²) in [7, 11) is 3.50. The van der Waals surface area contributed by atoms with Crippen molar-refractivity contribution < 1.29 is 9.53 Å². The number of aromatic nitrogens is 2. The Balaban J connectivity index is 2.12. The van der Waals surface area contributed by atoms with E-state index in [0.717, 1.165) is 23.4 Å². The van der Waals surface area contributed by atoms with Gasteiger partial charge in [0.05, 0.1) is 7.11 Å². The Kier molecular flexibility index (Phi) is 3.31. The number of carbonyl (C=O) groups is 1. The van der Waals surface area contributed by atoms with Gasteiger partial charge in [-0.15, -0.1) is 0 Å². The van der Waals surface area contributed by atoms with E-state index in [-0.39, 0.29) is 0 Å². The molecule has 0 radical (unpaired) electrons. The molecule has 106 valence electrons. The van der Waals surface area contributed by atoms with Crippen molar-refractivity contribution >= 4 is 23.4 Å². The monoisotopic (exact) mass is 281 g/mol. The maximum absolute atomic E-state index is 11.4. The summed E-state index contributed by atoms with van der Waals surface area (Å²) in [5.74, 6) is 1.38. The predicted molar refractivity (Wildman–Crippen MR) is 81.6 cm³/mol. The summed E-state index contributed by atoms with van der Waals surface area (Å²) in [6.45, 7) is 0. The van der Waals surface area contributed by atoms with Crippen LogP contribution in [-0.4, -0.2) is 29.8 Å². The van der Waals surface area contributed by atoms with Crippen LogP contribution in [0.5, 0.6) is 5.75 Å². The van der Waals surface area contributed by atoms with Crippen molar-refractivity contribution in [2.24, 2.45) is 0 Å². The first kappa shape index (κ1) is 13.2. The molecule has 0 aliphatic heterocycles. The molecule has 5 heteroatoms. The van der Waals surface area contributed by atoms with Crippen LogP contribution in [0.1, 0.15) is 10.5 Å². The van der Waals surface area contributed by atoms with E-state index in [1.54, 1.807) is 11.5 Å². The topological polar surface area (TPSA) is 46.8 Å². The zero-order chi connectivity index (χ0) is 14.8. The fourth-order valence-electron chi connectivity index (χ4n) is 2.30. The number of aldehydes is 1.